The monoisotopic (exact) mass is 286 g/mol. The van der Waals surface area contributed by atoms with Crippen LogP contribution in [0.4, 0.5) is 13.2 Å². The summed E-state index contributed by atoms with van der Waals surface area (Å²) in [5.41, 5.74) is 4.91. The van der Waals surface area contributed by atoms with Gasteiger partial charge in [0.2, 0.25) is 0 Å². The Balaban J connectivity index is 2.29. The fourth-order valence-electron chi connectivity index (χ4n) is 2.45. The van der Waals surface area contributed by atoms with Crippen molar-refractivity contribution in [2.45, 2.75) is 26.3 Å². The summed E-state index contributed by atoms with van der Waals surface area (Å²) in [5, 5.41) is 0. The molecule has 110 valence electrons. The molecule has 0 spiro atoms. The summed E-state index contributed by atoms with van der Waals surface area (Å²) in [6, 6.07) is 0.948. The van der Waals surface area contributed by atoms with Crippen molar-refractivity contribution in [3.05, 3.63) is 35.1 Å². The van der Waals surface area contributed by atoms with E-state index in [9.17, 15) is 18.0 Å². The van der Waals surface area contributed by atoms with Crippen molar-refractivity contribution in [1.82, 2.24) is 4.90 Å². The van der Waals surface area contributed by atoms with Gasteiger partial charge in [-0.15, -0.1) is 0 Å². The fraction of sp³-hybridized carbons (Fsp3) is 0.500. The molecule has 1 heterocycles. The molecule has 0 aliphatic carbocycles. The van der Waals surface area contributed by atoms with Crippen LogP contribution in [0, 0.1) is 22.9 Å². The van der Waals surface area contributed by atoms with E-state index in [1.807, 2.05) is 13.8 Å². The first kappa shape index (κ1) is 14.8. The normalized spacial score (nSPS) is 21.9. The van der Waals surface area contributed by atoms with Gasteiger partial charge in [0, 0.05) is 31.3 Å². The van der Waals surface area contributed by atoms with Gasteiger partial charge in [0.1, 0.15) is 23.0 Å². The van der Waals surface area contributed by atoms with E-state index in [4.69, 9.17) is 5.73 Å². The second-order valence-corrected chi connectivity index (χ2v) is 5.85. The molecule has 1 atom stereocenters. The van der Waals surface area contributed by atoms with Crippen molar-refractivity contribution in [3.8, 4) is 0 Å². The van der Waals surface area contributed by atoms with Crippen LogP contribution >= 0.6 is 0 Å². The summed E-state index contributed by atoms with van der Waals surface area (Å²) in [6.45, 7) is 4.44. The van der Waals surface area contributed by atoms with Crippen LogP contribution in [-0.2, 0) is 0 Å². The molecule has 2 N–H and O–H groups in total. The van der Waals surface area contributed by atoms with Crippen LogP contribution in [0.15, 0.2) is 12.1 Å². The van der Waals surface area contributed by atoms with Gasteiger partial charge < -0.3 is 10.6 Å². The molecule has 0 aromatic heterocycles. The molecule has 2 rings (SSSR count). The molecule has 0 bridgehead atoms. The maximum atomic E-state index is 13.6. The number of rotatable bonds is 1. The lowest BCUT2D eigenvalue weighted by Gasteiger charge is -2.42. The Morgan fingerprint density at radius 1 is 1.30 bits per heavy atom. The van der Waals surface area contributed by atoms with Gasteiger partial charge in [-0.1, -0.05) is 13.8 Å². The zero-order chi connectivity index (χ0) is 15.1. The van der Waals surface area contributed by atoms with Crippen LogP contribution in [0.3, 0.4) is 0 Å². The van der Waals surface area contributed by atoms with Crippen molar-refractivity contribution in [2.24, 2.45) is 11.1 Å². The number of carbonyl (C=O) groups is 1. The molecule has 1 amide bonds. The number of benzene rings is 1. The zero-order valence-corrected chi connectivity index (χ0v) is 11.4. The molecule has 3 nitrogen and oxygen atoms in total. The fourth-order valence-corrected chi connectivity index (χ4v) is 2.45. The smallest absolute Gasteiger partial charge is 0.259 e. The Hall–Kier alpha value is -1.56. The van der Waals surface area contributed by atoms with Crippen LogP contribution < -0.4 is 5.73 Å². The summed E-state index contributed by atoms with van der Waals surface area (Å²) in [4.78, 5) is 13.6. The lowest BCUT2D eigenvalue weighted by molar-refractivity contribution is 0.0523. The first-order chi connectivity index (χ1) is 9.22. The molecule has 1 aliphatic rings. The van der Waals surface area contributed by atoms with Crippen molar-refractivity contribution < 1.29 is 18.0 Å². The van der Waals surface area contributed by atoms with Gasteiger partial charge >= 0.3 is 0 Å². The van der Waals surface area contributed by atoms with E-state index in [1.165, 1.54) is 4.90 Å². The second-order valence-electron chi connectivity index (χ2n) is 5.85. The van der Waals surface area contributed by atoms with Crippen molar-refractivity contribution in [3.63, 3.8) is 0 Å². The number of halogens is 3. The topological polar surface area (TPSA) is 46.3 Å². The summed E-state index contributed by atoms with van der Waals surface area (Å²) in [6.07, 6.45) is 0.559. The average Bonchev–Trinajstić information content (AvgIpc) is 2.31. The van der Waals surface area contributed by atoms with E-state index in [-0.39, 0.29) is 11.5 Å². The highest BCUT2D eigenvalue weighted by Crippen LogP contribution is 2.29. The quantitative estimate of drug-likeness (QED) is 0.861. The highest BCUT2D eigenvalue weighted by molar-refractivity contribution is 5.94. The Kier molecular flexibility index (Phi) is 3.77. The predicted octanol–water partition coefficient (Wildman–Crippen LogP) is 2.30. The Morgan fingerprint density at radius 2 is 1.85 bits per heavy atom. The predicted molar refractivity (Wildman–Crippen MR) is 68.6 cm³/mol. The number of hydrogen-bond acceptors (Lipinski definition) is 2. The third-order valence-electron chi connectivity index (χ3n) is 3.82. The van der Waals surface area contributed by atoms with Crippen LogP contribution in [-0.4, -0.2) is 29.9 Å². The van der Waals surface area contributed by atoms with E-state index < -0.39 is 28.9 Å². The highest BCUT2D eigenvalue weighted by Gasteiger charge is 2.36. The zero-order valence-electron chi connectivity index (χ0n) is 11.4. The molecule has 1 unspecified atom stereocenters. The summed E-state index contributed by atoms with van der Waals surface area (Å²) >= 11 is 0. The van der Waals surface area contributed by atoms with Crippen molar-refractivity contribution in [2.75, 3.05) is 13.1 Å². The molecule has 0 saturated carbocycles. The van der Waals surface area contributed by atoms with E-state index in [0.717, 1.165) is 0 Å². The lowest BCUT2D eigenvalue weighted by Crippen LogP contribution is -2.54. The number of hydrogen-bond donors (Lipinski definition) is 1. The van der Waals surface area contributed by atoms with E-state index in [0.29, 0.717) is 31.6 Å². The number of nitrogens with zero attached hydrogens (tertiary/aromatic N) is 1. The van der Waals surface area contributed by atoms with Gasteiger partial charge in [-0.25, -0.2) is 13.2 Å². The number of carbonyl (C=O) groups excluding carboxylic acids is 1. The largest absolute Gasteiger partial charge is 0.338 e. The van der Waals surface area contributed by atoms with Gasteiger partial charge in [0.25, 0.3) is 5.91 Å². The highest BCUT2D eigenvalue weighted by atomic mass is 19.1. The molecule has 1 aliphatic heterocycles. The standard InChI is InChI=1S/C14H17F3N2O/c1-14(2)7-19(4-3-11(14)18)13(20)12-9(16)5-8(15)6-10(12)17/h5-6,11H,3-4,7,18H2,1-2H3. The van der Waals surface area contributed by atoms with E-state index in [2.05, 4.69) is 0 Å². The van der Waals surface area contributed by atoms with Crippen LogP contribution in [0.2, 0.25) is 0 Å². The summed E-state index contributed by atoms with van der Waals surface area (Å²) in [7, 11) is 0. The van der Waals surface area contributed by atoms with Crippen LogP contribution in [0.25, 0.3) is 0 Å². The number of amides is 1. The van der Waals surface area contributed by atoms with Crippen molar-refractivity contribution >= 4 is 5.91 Å². The maximum Gasteiger partial charge on any atom is 0.259 e. The average molecular weight is 286 g/mol. The van der Waals surface area contributed by atoms with Gasteiger partial charge in [-0.2, -0.15) is 0 Å². The van der Waals surface area contributed by atoms with Gasteiger partial charge in [-0.3, -0.25) is 4.79 Å². The molecule has 1 saturated heterocycles. The maximum absolute atomic E-state index is 13.6. The summed E-state index contributed by atoms with van der Waals surface area (Å²) < 4.78 is 40.1. The molecule has 0 radical (unpaired) electrons. The minimum absolute atomic E-state index is 0.0746. The Bertz CT molecular complexity index is 522. The van der Waals surface area contributed by atoms with Crippen molar-refractivity contribution in [1.29, 1.82) is 0 Å². The number of nitrogens with two attached hydrogens (primary N) is 1. The first-order valence-corrected chi connectivity index (χ1v) is 6.42. The van der Waals surface area contributed by atoms with E-state index in [1.54, 1.807) is 0 Å². The minimum atomic E-state index is -1.18. The SMILES string of the molecule is CC1(C)CN(C(=O)c2c(F)cc(F)cc2F)CCC1N. The Morgan fingerprint density at radius 3 is 2.35 bits per heavy atom. The van der Waals surface area contributed by atoms with Gasteiger partial charge in [-0.05, 0) is 11.8 Å². The van der Waals surface area contributed by atoms with E-state index >= 15 is 0 Å². The second kappa shape index (κ2) is 5.09. The minimum Gasteiger partial charge on any atom is -0.338 e. The number of piperidine rings is 1. The van der Waals surface area contributed by atoms with Crippen LogP contribution in [0.1, 0.15) is 30.6 Å². The Labute approximate surface area is 115 Å². The molecule has 1 aromatic rings. The molecular weight excluding hydrogens is 269 g/mol. The van der Waals surface area contributed by atoms with Gasteiger partial charge in [0.15, 0.2) is 0 Å². The number of likely N-dealkylation sites (tertiary alicyclic amines) is 1. The summed E-state index contributed by atoms with van der Waals surface area (Å²) in [5.74, 6) is -4.17. The molecule has 1 aromatic carbocycles. The molecule has 6 heteroatoms. The lowest BCUT2D eigenvalue weighted by atomic mass is 9.79. The molecule has 1 fully saturated rings. The van der Waals surface area contributed by atoms with Gasteiger partial charge in [0.05, 0.1) is 0 Å². The first-order valence-electron chi connectivity index (χ1n) is 6.42. The third-order valence-corrected chi connectivity index (χ3v) is 3.82. The third kappa shape index (κ3) is 2.65. The van der Waals surface area contributed by atoms with Crippen LogP contribution in [0.5, 0.6) is 0 Å². The molecule has 20 heavy (non-hydrogen) atoms. The molecular formula is C14H17F3N2O.